The maximum absolute atomic E-state index is 11.9. The van der Waals surface area contributed by atoms with Gasteiger partial charge in [0.2, 0.25) is 0 Å². The predicted molar refractivity (Wildman–Crippen MR) is 70.0 cm³/mol. The van der Waals surface area contributed by atoms with Crippen LogP contribution in [0.15, 0.2) is 36.5 Å². The summed E-state index contributed by atoms with van der Waals surface area (Å²) >= 11 is 5.87. The molecule has 0 unspecified atom stereocenters. The van der Waals surface area contributed by atoms with Gasteiger partial charge in [-0.15, -0.1) is 0 Å². The Morgan fingerprint density at radius 2 is 2.16 bits per heavy atom. The van der Waals surface area contributed by atoms with Gasteiger partial charge in [-0.2, -0.15) is 5.26 Å². The molecule has 0 atom stereocenters. The van der Waals surface area contributed by atoms with E-state index in [1.807, 2.05) is 6.07 Å². The SMILES string of the molecule is N#Cc1ccc(NC(=O)c2cc(O)ccc2Cl)nc1. The number of aromatic hydroxyl groups is 1. The standard InChI is InChI=1S/C13H8ClN3O2/c14-11-3-2-9(18)5-10(11)13(19)17-12-4-1-8(6-15)7-16-12/h1-5,7,18H,(H,16,17,19). The van der Waals surface area contributed by atoms with Crippen molar-refractivity contribution in [2.45, 2.75) is 0 Å². The fourth-order valence-electron chi connectivity index (χ4n) is 1.40. The van der Waals surface area contributed by atoms with Crippen LogP contribution in [0.3, 0.4) is 0 Å². The van der Waals surface area contributed by atoms with Crippen molar-refractivity contribution >= 4 is 23.3 Å². The average Bonchev–Trinajstić information content (AvgIpc) is 2.42. The van der Waals surface area contributed by atoms with Crippen molar-refractivity contribution in [1.82, 2.24) is 4.98 Å². The zero-order valence-electron chi connectivity index (χ0n) is 9.59. The molecule has 2 aromatic rings. The fourth-order valence-corrected chi connectivity index (χ4v) is 1.61. The first kappa shape index (κ1) is 12.9. The summed E-state index contributed by atoms with van der Waals surface area (Å²) in [6.07, 6.45) is 1.35. The second-order valence-corrected chi connectivity index (χ2v) is 4.07. The first-order valence-corrected chi connectivity index (χ1v) is 5.64. The summed E-state index contributed by atoms with van der Waals surface area (Å²) in [4.78, 5) is 15.8. The molecule has 0 aliphatic carbocycles. The number of phenolic OH excluding ortho intramolecular Hbond substituents is 1. The third-order valence-electron chi connectivity index (χ3n) is 2.33. The third-order valence-corrected chi connectivity index (χ3v) is 2.66. The van der Waals surface area contributed by atoms with Crippen LogP contribution in [0.2, 0.25) is 5.02 Å². The van der Waals surface area contributed by atoms with E-state index in [1.54, 1.807) is 0 Å². The maximum Gasteiger partial charge on any atom is 0.258 e. The van der Waals surface area contributed by atoms with Crippen LogP contribution in [-0.2, 0) is 0 Å². The van der Waals surface area contributed by atoms with E-state index in [2.05, 4.69) is 10.3 Å². The summed E-state index contributed by atoms with van der Waals surface area (Å²) in [6, 6.07) is 9.05. The first-order valence-electron chi connectivity index (χ1n) is 5.26. The van der Waals surface area contributed by atoms with Crippen LogP contribution >= 0.6 is 11.6 Å². The molecule has 94 valence electrons. The summed E-state index contributed by atoms with van der Waals surface area (Å²) < 4.78 is 0. The minimum absolute atomic E-state index is 0.0534. The fraction of sp³-hybridized carbons (Fsp3) is 0. The molecule has 5 nitrogen and oxygen atoms in total. The summed E-state index contributed by atoms with van der Waals surface area (Å²) in [5.41, 5.74) is 0.543. The summed E-state index contributed by atoms with van der Waals surface area (Å²) in [5, 5.41) is 20.7. The normalized spacial score (nSPS) is 9.68. The van der Waals surface area contributed by atoms with Gasteiger partial charge in [0.1, 0.15) is 17.6 Å². The zero-order chi connectivity index (χ0) is 13.8. The van der Waals surface area contributed by atoms with Crippen LogP contribution in [0, 0.1) is 11.3 Å². The molecule has 0 fully saturated rings. The summed E-state index contributed by atoms with van der Waals surface area (Å²) in [7, 11) is 0. The Hall–Kier alpha value is -2.58. The zero-order valence-corrected chi connectivity index (χ0v) is 10.3. The topological polar surface area (TPSA) is 86.0 Å². The number of anilines is 1. The molecule has 2 rings (SSSR count). The number of pyridine rings is 1. The second kappa shape index (κ2) is 5.38. The maximum atomic E-state index is 11.9. The molecule has 19 heavy (non-hydrogen) atoms. The van der Waals surface area contributed by atoms with Gasteiger partial charge < -0.3 is 10.4 Å². The molecule has 0 saturated carbocycles. The number of amides is 1. The molecule has 1 heterocycles. The molecule has 6 heteroatoms. The molecular formula is C13H8ClN3O2. The van der Waals surface area contributed by atoms with E-state index in [0.717, 1.165) is 0 Å². The van der Waals surface area contributed by atoms with Gasteiger partial charge in [-0.25, -0.2) is 4.98 Å². The number of hydrogen-bond donors (Lipinski definition) is 2. The van der Waals surface area contributed by atoms with Gasteiger partial charge in [0.15, 0.2) is 0 Å². The van der Waals surface area contributed by atoms with Gasteiger partial charge in [0, 0.05) is 6.20 Å². The van der Waals surface area contributed by atoms with Crippen molar-refractivity contribution in [2.24, 2.45) is 0 Å². The number of nitrogens with zero attached hydrogens (tertiary/aromatic N) is 2. The number of carbonyl (C=O) groups excluding carboxylic acids is 1. The number of rotatable bonds is 2. The smallest absolute Gasteiger partial charge is 0.258 e. The molecule has 1 aromatic heterocycles. The second-order valence-electron chi connectivity index (χ2n) is 3.66. The number of carbonyl (C=O) groups is 1. The highest BCUT2D eigenvalue weighted by Gasteiger charge is 2.12. The lowest BCUT2D eigenvalue weighted by atomic mass is 10.2. The lowest BCUT2D eigenvalue weighted by Gasteiger charge is -2.06. The van der Waals surface area contributed by atoms with Crippen molar-refractivity contribution in [2.75, 3.05) is 5.32 Å². The minimum atomic E-state index is -0.488. The lowest BCUT2D eigenvalue weighted by molar-refractivity contribution is 0.102. The molecule has 2 N–H and O–H groups in total. The van der Waals surface area contributed by atoms with Gasteiger partial charge in [0.25, 0.3) is 5.91 Å². The Morgan fingerprint density at radius 1 is 1.37 bits per heavy atom. The van der Waals surface area contributed by atoms with E-state index in [-0.39, 0.29) is 16.3 Å². The largest absolute Gasteiger partial charge is 0.508 e. The number of nitriles is 1. The van der Waals surface area contributed by atoms with Crippen molar-refractivity contribution in [3.8, 4) is 11.8 Å². The molecule has 1 amide bonds. The Bertz CT molecular complexity index is 663. The highest BCUT2D eigenvalue weighted by atomic mass is 35.5. The van der Waals surface area contributed by atoms with Crippen LogP contribution in [0.5, 0.6) is 5.75 Å². The molecular weight excluding hydrogens is 266 g/mol. The lowest BCUT2D eigenvalue weighted by Crippen LogP contribution is -2.13. The Morgan fingerprint density at radius 3 is 2.79 bits per heavy atom. The number of nitrogens with one attached hydrogen (secondary N) is 1. The number of halogens is 1. The van der Waals surface area contributed by atoms with E-state index >= 15 is 0 Å². The van der Waals surface area contributed by atoms with Crippen LogP contribution in [-0.4, -0.2) is 16.0 Å². The van der Waals surface area contributed by atoms with Gasteiger partial charge in [-0.05, 0) is 30.3 Å². The Kier molecular flexibility index (Phi) is 3.64. The molecule has 0 saturated heterocycles. The van der Waals surface area contributed by atoms with Crippen LogP contribution in [0.1, 0.15) is 15.9 Å². The summed E-state index contributed by atoms with van der Waals surface area (Å²) in [6.45, 7) is 0. The van der Waals surface area contributed by atoms with Gasteiger partial charge in [0.05, 0.1) is 16.1 Å². The first-order chi connectivity index (χ1) is 9.10. The predicted octanol–water partition coefficient (Wildman–Crippen LogP) is 2.56. The third kappa shape index (κ3) is 3.00. The van der Waals surface area contributed by atoms with E-state index in [1.165, 1.54) is 36.5 Å². The van der Waals surface area contributed by atoms with E-state index in [9.17, 15) is 9.90 Å². The number of phenols is 1. The average molecular weight is 274 g/mol. The van der Waals surface area contributed by atoms with Gasteiger partial charge in [-0.3, -0.25) is 4.79 Å². The number of aromatic nitrogens is 1. The number of benzene rings is 1. The van der Waals surface area contributed by atoms with Crippen LogP contribution in [0.25, 0.3) is 0 Å². The van der Waals surface area contributed by atoms with Crippen molar-refractivity contribution in [1.29, 1.82) is 5.26 Å². The van der Waals surface area contributed by atoms with Crippen molar-refractivity contribution in [3.05, 3.63) is 52.7 Å². The molecule has 0 spiro atoms. The minimum Gasteiger partial charge on any atom is -0.508 e. The molecule has 0 aliphatic heterocycles. The highest BCUT2D eigenvalue weighted by Crippen LogP contribution is 2.22. The monoisotopic (exact) mass is 273 g/mol. The van der Waals surface area contributed by atoms with Gasteiger partial charge in [-0.1, -0.05) is 11.6 Å². The molecule has 0 bridgehead atoms. The highest BCUT2D eigenvalue weighted by molar-refractivity contribution is 6.34. The van der Waals surface area contributed by atoms with E-state index in [0.29, 0.717) is 11.4 Å². The van der Waals surface area contributed by atoms with Crippen molar-refractivity contribution < 1.29 is 9.90 Å². The molecule has 1 aromatic carbocycles. The number of hydrogen-bond acceptors (Lipinski definition) is 4. The quantitative estimate of drug-likeness (QED) is 0.880. The summed E-state index contributed by atoms with van der Waals surface area (Å²) in [5.74, 6) is -0.246. The van der Waals surface area contributed by atoms with E-state index in [4.69, 9.17) is 16.9 Å². The van der Waals surface area contributed by atoms with Crippen LogP contribution < -0.4 is 5.32 Å². The van der Waals surface area contributed by atoms with Gasteiger partial charge >= 0.3 is 0 Å². The van der Waals surface area contributed by atoms with E-state index < -0.39 is 5.91 Å². The van der Waals surface area contributed by atoms with Crippen molar-refractivity contribution in [3.63, 3.8) is 0 Å². The Balaban J connectivity index is 2.21. The molecule has 0 radical (unpaired) electrons. The van der Waals surface area contributed by atoms with Crippen LogP contribution in [0.4, 0.5) is 5.82 Å². The molecule has 0 aliphatic rings. The Labute approximate surface area is 114 Å².